The van der Waals surface area contributed by atoms with E-state index in [-0.39, 0.29) is 0 Å². The van der Waals surface area contributed by atoms with Gasteiger partial charge in [0.2, 0.25) is 5.78 Å². The number of carbonyl (C=O) groups is 3. The third-order valence-corrected chi connectivity index (χ3v) is 0.899. The zero-order chi connectivity index (χ0) is 8.85. The van der Waals surface area contributed by atoms with Crippen molar-refractivity contribution in [2.24, 2.45) is 0 Å². The van der Waals surface area contributed by atoms with Gasteiger partial charge in [-0.2, -0.15) is 0 Å². The Morgan fingerprint density at radius 3 is 2.09 bits per heavy atom. The molecule has 0 saturated heterocycles. The molecule has 0 fully saturated rings. The van der Waals surface area contributed by atoms with Gasteiger partial charge in [-0.3, -0.25) is 9.59 Å². The maximum absolute atomic E-state index is 10.6. The Morgan fingerprint density at radius 2 is 1.73 bits per heavy atom. The summed E-state index contributed by atoms with van der Waals surface area (Å²) in [7, 11) is 2.28. The van der Waals surface area contributed by atoms with Gasteiger partial charge in [-0.25, -0.2) is 4.79 Å². The van der Waals surface area contributed by atoms with Gasteiger partial charge in [-0.1, -0.05) is 0 Å². The standard InChI is InChI=1S/C6H8O5/c1-10-3-4(7)5(8)6(9)11-2/h3H2,1-2H3. The van der Waals surface area contributed by atoms with Crippen LogP contribution in [0.5, 0.6) is 0 Å². The second-order valence-corrected chi connectivity index (χ2v) is 1.68. The van der Waals surface area contributed by atoms with E-state index in [4.69, 9.17) is 0 Å². The minimum Gasteiger partial charge on any atom is -0.463 e. The first-order valence-electron chi connectivity index (χ1n) is 2.78. The monoisotopic (exact) mass is 160 g/mol. The van der Waals surface area contributed by atoms with Crippen molar-refractivity contribution in [3.63, 3.8) is 0 Å². The minimum absolute atomic E-state index is 0.395. The Labute approximate surface area is 63.3 Å². The van der Waals surface area contributed by atoms with Crippen LogP contribution in [0.2, 0.25) is 0 Å². The number of Topliss-reactive ketones (excluding diaryl/α,β-unsaturated/α-hetero) is 2. The van der Waals surface area contributed by atoms with Gasteiger partial charge >= 0.3 is 11.8 Å². The summed E-state index contributed by atoms with van der Waals surface area (Å²) >= 11 is 0. The number of hydrogen-bond donors (Lipinski definition) is 0. The average Bonchev–Trinajstić information content (AvgIpc) is 2.02. The fourth-order valence-electron chi connectivity index (χ4n) is 0.403. The molecule has 0 atom stereocenters. The third-order valence-electron chi connectivity index (χ3n) is 0.899. The van der Waals surface area contributed by atoms with E-state index in [0.717, 1.165) is 7.11 Å². The number of methoxy groups -OCH3 is 2. The van der Waals surface area contributed by atoms with Crippen molar-refractivity contribution < 1.29 is 23.9 Å². The topological polar surface area (TPSA) is 69.7 Å². The van der Waals surface area contributed by atoms with E-state index in [1.165, 1.54) is 7.11 Å². The highest BCUT2D eigenvalue weighted by Crippen LogP contribution is 1.82. The minimum atomic E-state index is -1.19. The lowest BCUT2D eigenvalue weighted by Gasteiger charge is -1.95. The molecule has 0 aromatic carbocycles. The molecule has 0 saturated carbocycles. The van der Waals surface area contributed by atoms with Crippen molar-refractivity contribution in [3.05, 3.63) is 0 Å². The van der Waals surface area contributed by atoms with Gasteiger partial charge in [0.25, 0.3) is 0 Å². The fraction of sp³-hybridized carbons (Fsp3) is 0.500. The molecule has 0 unspecified atom stereocenters. The number of hydrogen-bond acceptors (Lipinski definition) is 5. The SMILES string of the molecule is COCC(=O)C(=O)C(=O)OC. The molecule has 5 nitrogen and oxygen atoms in total. The number of carbonyl (C=O) groups excluding carboxylic acids is 3. The second-order valence-electron chi connectivity index (χ2n) is 1.68. The van der Waals surface area contributed by atoms with Gasteiger partial charge in [-0.05, 0) is 0 Å². The summed E-state index contributed by atoms with van der Waals surface area (Å²) in [6, 6.07) is 0. The third kappa shape index (κ3) is 2.90. The molecule has 0 aliphatic heterocycles. The molecular formula is C6H8O5. The van der Waals surface area contributed by atoms with Crippen LogP contribution in [0.4, 0.5) is 0 Å². The van der Waals surface area contributed by atoms with E-state index < -0.39 is 24.1 Å². The normalized spacial score (nSPS) is 8.91. The molecule has 0 heterocycles. The van der Waals surface area contributed by atoms with Crippen LogP contribution in [0, 0.1) is 0 Å². The highest BCUT2D eigenvalue weighted by atomic mass is 16.5. The Kier molecular flexibility index (Phi) is 4.05. The van der Waals surface area contributed by atoms with Crippen LogP contribution in [-0.4, -0.2) is 38.4 Å². The number of ketones is 2. The van der Waals surface area contributed by atoms with Crippen LogP contribution in [0.15, 0.2) is 0 Å². The molecule has 0 radical (unpaired) electrons. The molecule has 0 aliphatic rings. The van der Waals surface area contributed by atoms with Crippen LogP contribution in [0.1, 0.15) is 0 Å². The van der Waals surface area contributed by atoms with E-state index >= 15 is 0 Å². The molecule has 0 aromatic rings. The van der Waals surface area contributed by atoms with Crippen LogP contribution in [-0.2, 0) is 23.9 Å². The Balaban J connectivity index is 4.03. The maximum Gasteiger partial charge on any atom is 0.382 e. The number of rotatable bonds is 4. The molecule has 0 amide bonds. The first-order chi connectivity index (χ1) is 5.13. The average molecular weight is 160 g/mol. The van der Waals surface area contributed by atoms with E-state index in [1.54, 1.807) is 0 Å². The van der Waals surface area contributed by atoms with E-state index in [2.05, 4.69) is 9.47 Å². The summed E-state index contributed by atoms with van der Waals surface area (Å²) in [6.45, 7) is -0.395. The van der Waals surface area contributed by atoms with Crippen molar-refractivity contribution >= 4 is 17.5 Å². The summed E-state index contributed by atoms with van der Waals surface area (Å²) in [6.07, 6.45) is 0. The van der Waals surface area contributed by atoms with Gasteiger partial charge in [0.15, 0.2) is 0 Å². The van der Waals surface area contributed by atoms with Gasteiger partial charge < -0.3 is 9.47 Å². The summed E-state index contributed by atoms with van der Waals surface area (Å²) in [5.41, 5.74) is 0. The van der Waals surface area contributed by atoms with Gasteiger partial charge in [0.1, 0.15) is 6.61 Å². The van der Waals surface area contributed by atoms with Crippen LogP contribution >= 0.6 is 0 Å². The van der Waals surface area contributed by atoms with Crippen LogP contribution < -0.4 is 0 Å². The summed E-state index contributed by atoms with van der Waals surface area (Å²) in [5.74, 6) is -3.25. The molecule has 0 aromatic heterocycles. The molecule has 5 heteroatoms. The lowest BCUT2D eigenvalue weighted by molar-refractivity contribution is -0.155. The van der Waals surface area contributed by atoms with Crippen molar-refractivity contribution in [3.8, 4) is 0 Å². The first-order valence-corrected chi connectivity index (χ1v) is 2.78. The van der Waals surface area contributed by atoms with Crippen molar-refractivity contribution in [2.75, 3.05) is 20.8 Å². The van der Waals surface area contributed by atoms with Gasteiger partial charge in [0, 0.05) is 7.11 Å². The van der Waals surface area contributed by atoms with Crippen molar-refractivity contribution in [1.82, 2.24) is 0 Å². The van der Waals surface area contributed by atoms with Gasteiger partial charge in [0.05, 0.1) is 7.11 Å². The van der Waals surface area contributed by atoms with E-state index in [1.807, 2.05) is 0 Å². The Hall–Kier alpha value is -1.23. The molecule has 0 rings (SSSR count). The van der Waals surface area contributed by atoms with E-state index in [9.17, 15) is 14.4 Å². The smallest absolute Gasteiger partial charge is 0.382 e. The highest BCUT2D eigenvalue weighted by Gasteiger charge is 2.22. The molecule has 0 spiro atoms. The highest BCUT2D eigenvalue weighted by molar-refractivity contribution is 6.62. The number of esters is 1. The lowest BCUT2D eigenvalue weighted by atomic mass is 10.3. The first kappa shape index (κ1) is 9.77. The van der Waals surface area contributed by atoms with Crippen molar-refractivity contribution in [2.45, 2.75) is 0 Å². The Morgan fingerprint density at radius 1 is 1.18 bits per heavy atom. The molecular weight excluding hydrogens is 152 g/mol. The summed E-state index contributed by atoms with van der Waals surface area (Å²) in [5, 5.41) is 0. The van der Waals surface area contributed by atoms with Crippen LogP contribution in [0.3, 0.4) is 0 Å². The number of ether oxygens (including phenoxy) is 2. The van der Waals surface area contributed by atoms with Crippen LogP contribution in [0.25, 0.3) is 0 Å². The van der Waals surface area contributed by atoms with E-state index in [0.29, 0.717) is 0 Å². The lowest BCUT2D eigenvalue weighted by Crippen LogP contribution is -2.27. The molecule has 11 heavy (non-hydrogen) atoms. The quantitative estimate of drug-likeness (QED) is 0.298. The summed E-state index contributed by atoms with van der Waals surface area (Å²) < 4.78 is 8.36. The molecule has 0 N–H and O–H groups in total. The molecule has 0 aliphatic carbocycles. The van der Waals surface area contributed by atoms with Crippen molar-refractivity contribution in [1.29, 1.82) is 0 Å². The molecule has 62 valence electrons. The summed E-state index contributed by atoms with van der Waals surface area (Å²) in [4.78, 5) is 31.5. The molecule has 0 bridgehead atoms. The predicted octanol–water partition coefficient (Wildman–Crippen LogP) is -1.06. The maximum atomic E-state index is 10.6. The zero-order valence-electron chi connectivity index (χ0n) is 6.25. The van der Waals surface area contributed by atoms with Gasteiger partial charge in [-0.15, -0.1) is 0 Å². The predicted molar refractivity (Wildman–Crippen MR) is 33.9 cm³/mol. The Bertz CT molecular complexity index is 183. The fourth-order valence-corrected chi connectivity index (χ4v) is 0.403. The zero-order valence-corrected chi connectivity index (χ0v) is 6.25. The second kappa shape index (κ2) is 4.56. The largest absolute Gasteiger partial charge is 0.463 e.